The number of aryl methyl sites for hydroxylation is 3. The van der Waals surface area contributed by atoms with Gasteiger partial charge in [-0.2, -0.15) is 0 Å². The Morgan fingerprint density at radius 3 is 2.10 bits per heavy atom. The fraction of sp³-hybridized carbons (Fsp3) is 0.333. The lowest BCUT2D eigenvalue weighted by molar-refractivity contribution is -0.140. The lowest BCUT2D eigenvalue weighted by Crippen LogP contribution is -2.54. The van der Waals surface area contributed by atoms with Gasteiger partial charge in [-0.15, -0.1) is 0 Å². The highest BCUT2D eigenvalue weighted by Gasteiger charge is 2.35. The topological polar surface area (TPSA) is 96.0 Å². The molecule has 252 valence electrons. The Labute approximate surface area is 284 Å². The number of carbonyl (C=O) groups is 2. The van der Waals surface area contributed by atoms with Crippen molar-refractivity contribution in [2.75, 3.05) is 18.0 Å². The van der Waals surface area contributed by atoms with Gasteiger partial charge < -0.3 is 15.0 Å². The predicted molar refractivity (Wildman–Crippen MR) is 190 cm³/mol. The number of nitrogens with zero attached hydrogens (tertiary/aromatic N) is 2. The highest BCUT2D eigenvalue weighted by atomic mass is 32.2. The zero-order chi connectivity index (χ0) is 34.3. The van der Waals surface area contributed by atoms with Gasteiger partial charge in [0.25, 0.3) is 10.0 Å². The van der Waals surface area contributed by atoms with Crippen LogP contribution in [0, 0.1) is 20.8 Å². The lowest BCUT2D eigenvalue weighted by atomic mass is 10.0. The Hall–Kier alpha value is -4.63. The Balaban J connectivity index is 1.59. The maximum atomic E-state index is 14.8. The molecule has 0 spiro atoms. The average Bonchev–Trinajstić information content (AvgIpc) is 3.58. The van der Waals surface area contributed by atoms with E-state index in [1.807, 2.05) is 81.4 Å². The molecule has 0 heterocycles. The third-order valence-electron chi connectivity index (χ3n) is 8.84. The average molecular weight is 668 g/mol. The third kappa shape index (κ3) is 8.63. The van der Waals surface area contributed by atoms with Crippen molar-refractivity contribution in [3.8, 4) is 5.75 Å². The first kappa shape index (κ1) is 34.7. The molecular formula is C39H45N3O5S. The van der Waals surface area contributed by atoms with Gasteiger partial charge in [-0.3, -0.25) is 13.9 Å². The zero-order valence-electron chi connectivity index (χ0n) is 28.2. The van der Waals surface area contributed by atoms with Crippen LogP contribution in [0.4, 0.5) is 5.69 Å². The van der Waals surface area contributed by atoms with E-state index >= 15 is 0 Å². The minimum absolute atomic E-state index is 0.0400. The summed E-state index contributed by atoms with van der Waals surface area (Å²) in [6, 6.07) is 28.2. The largest absolute Gasteiger partial charge is 0.497 e. The van der Waals surface area contributed by atoms with Gasteiger partial charge in [0.15, 0.2) is 0 Å². The zero-order valence-corrected chi connectivity index (χ0v) is 29.0. The maximum absolute atomic E-state index is 14.8. The van der Waals surface area contributed by atoms with Gasteiger partial charge in [0.05, 0.1) is 17.7 Å². The Kier molecular flexibility index (Phi) is 11.2. The van der Waals surface area contributed by atoms with Gasteiger partial charge in [0, 0.05) is 19.0 Å². The fourth-order valence-electron chi connectivity index (χ4n) is 6.35. The van der Waals surface area contributed by atoms with E-state index in [1.54, 1.807) is 43.5 Å². The number of amides is 2. The van der Waals surface area contributed by atoms with E-state index in [0.717, 1.165) is 53.5 Å². The fourth-order valence-corrected chi connectivity index (χ4v) is 7.75. The van der Waals surface area contributed by atoms with Crippen LogP contribution in [-0.2, 0) is 32.6 Å². The number of carbonyl (C=O) groups excluding carboxylic acids is 2. The van der Waals surface area contributed by atoms with Crippen molar-refractivity contribution in [2.45, 2.75) is 76.4 Å². The lowest BCUT2D eigenvalue weighted by Gasteiger charge is -2.34. The van der Waals surface area contributed by atoms with Gasteiger partial charge in [0.2, 0.25) is 11.8 Å². The molecule has 48 heavy (non-hydrogen) atoms. The molecule has 9 heteroatoms. The summed E-state index contributed by atoms with van der Waals surface area (Å²) in [5, 5.41) is 3.21. The first-order valence-corrected chi connectivity index (χ1v) is 17.9. The van der Waals surface area contributed by atoms with Crippen LogP contribution in [0.3, 0.4) is 0 Å². The highest BCUT2D eigenvalue weighted by molar-refractivity contribution is 7.92. The van der Waals surface area contributed by atoms with Crippen LogP contribution in [0.25, 0.3) is 0 Å². The predicted octanol–water partition coefficient (Wildman–Crippen LogP) is 6.51. The van der Waals surface area contributed by atoms with E-state index in [4.69, 9.17) is 4.74 Å². The summed E-state index contributed by atoms with van der Waals surface area (Å²) in [6.45, 7) is 5.27. The second kappa shape index (κ2) is 15.5. The van der Waals surface area contributed by atoms with Crippen molar-refractivity contribution >= 4 is 27.5 Å². The first-order valence-electron chi connectivity index (χ1n) is 16.5. The molecule has 1 fully saturated rings. The number of hydrogen-bond acceptors (Lipinski definition) is 5. The van der Waals surface area contributed by atoms with Crippen LogP contribution >= 0.6 is 0 Å². The van der Waals surface area contributed by atoms with Crippen molar-refractivity contribution in [1.29, 1.82) is 0 Å². The van der Waals surface area contributed by atoms with Crippen LogP contribution in [0.2, 0.25) is 0 Å². The normalized spacial score (nSPS) is 13.9. The highest BCUT2D eigenvalue weighted by Crippen LogP contribution is 2.28. The van der Waals surface area contributed by atoms with Crippen LogP contribution in [0.1, 0.15) is 53.5 Å². The Morgan fingerprint density at radius 1 is 0.812 bits per heavy atom. The van der Waals surface area contributed by atoms with E-state index in [1.165, 1.54) is 9.21 Å². The Bertz CT molecular complexity index is 1800. The van der Waals surface area contributed by atoms with Gasteiger partial charge in [-0.1, -0.05) is 79.1 Å². The number of ether oxygens (including phenoxy) is 1. The van der Waals surface area contributed by atoms with Gasteiger partial charge in [-0.05, 0) is 92.3 Å². The summed E-state index contributed by atoms with van der Waals surface area (Å²) in [4.78, 5) is 30.6. The number of rotatable bonds is 13. The quantitative estimate of drug-likeness (QED) is 0.175. The summed E-state index contributed by atoms with van der Waals surface area (Å²) < 4.78 is 35.3. The number of nitrogens with one attached hydrogen (secondary N) is 1. The first-order chi connectivity index (χ1) is 23.0. The van der Waals surface area contributed by atoms with E-state index in [-0.39, 0.29) is 29.8 Å². The maximum Gasteiger partial charge on any atom is 0.264 e. The minimum atomic E-state index is -4.17. The monoisotopic (exact) mass is 667 g/mol. The van der Waals surface area contributed by atoms with Crippen molar-refractivity contribution in [3.05, 3.63) is 125 Å². The molecule has 4 aromatic carbocycles. The smallest absolute Gasteiger partial charge is 0.264 e. The summed E-state index contributed by atoms with van der Waals surface area (Å²) in [7, 11) is -2.60. The van der Waals surface area contributed by atoms with E-state index < -0.39 is 28.5 Å². The third-order valence-corrected chi connectivity index (χ3v) is 10.6. The number of methoxy groups -OCH3 is 1. The number of sulfonamides is 1. The molecule has 0 aliphatic heterocycles. The number of hydrogen-bond donors (Lipinski definition) is 1. The number of benzene rings is 4. The second-order valence-corrected chi connectivity index (χ2v) is 14.6. The van der Waals surface area contributed by atoms with E-state index in [2.05, 4.69) is 5.32 Å². The molecule has 8 nitrogen and oxygen atoms in total. The summed E-state index contributed by atoms with van der Waals surface area (Å²) >= 11 is 0. The van der Waals surface area contributed by atoms with Crippen molar-refractivity contribution in [2.24, 2.45) is 0 Å². The van der Waals surface area contributed by atoms with Crippen molar-refractivity contribution in [1.82, 2.24) is 10.2 Å². The SMILES string of the molecule is COc1cccc(CN(C(=O)CN(c2cc(C)cc(C)c2)S(=O)(=O)c2ccc(C)cc2)[C@@H](Cc2ccccc2)C(=O)NC2CCCC2)c1. The van der Waals surface area contributed by atoms with Crippen LogP contribution < -0.4 is 14.4 Å². The van der Waals surface area contributed by atoms with Crippen molar-refractivity contribution < 1.29 is 22.7 Å². The van der Waals surface area contributed by atoms with Crippen LogP contribution in [0.5, 0.6) is 5.75 Å². The molecule has 1 aliphatic carbocycles. The van der Waals surface area contributed by atoms with E-state index in [0.29, 0.717) is 11.4 Å². The molecular weight excluding hydrogens is 623 g/mol. The molecule has 0 bridgehead atoms. The molecule has 0 unspecified atom stereocenters. The molecule has 2 amide bonds. The molecule has 1 N–H and O–H groups in total. The standard InChI is InChI=1S/C39H45N3O5S/c1-28-17-19-36(20-18-28)48(45,46)42(34-22-29(2)21-30(3)23-34)27-38(43)41(26-32-13-10-16-35(24-32)47-4)37(25-31-11-6-5-7-12-31)39(44)40-33-14-8-9-15-33/h5-7,10-13,16-24,33,37H,8-9,14-15,25-27H2,1-4H3,(H,40,44)/t37-/m0/s1. The molecule has 1 atom stereocenters. The van der Waals surface area contributed by atoms with E-state index in [9.17, 15) is 18.0 Å². The van der Waals surface area contributed by atoms with Crippen LogP contribution in [0.15, 0.2) is 102 Å². The molecule has 0 radical (unpaired) electrons. The molecule has 0 aromatic heterocycles. The van der Waals surface area contributed by atoms with Gasteiger partial charge in [0.1, 0.15) is 18.3 Å². The molecule has 4 aromatic rings. The molecule has 0 saturated heterocycles. The Morgan fingerprint density at radius 2 is 1.46 bits per heavy atom. The van der Waals surface area contributed by atoms with Crippen molar-refractivity contribution in [3.63, 3.8) is 0 Å². The summed E-state index contributed by atoms with van der Waals surface area (Å²) in [5.41, 5.74) is 4.70. The number of anilines is 1. The molecule has 1 aliphatic rings. The minimum Gasteiger partial charge on any atom is -0.497 e. The van der Waals surface area contributed by atoms with Gasteiger partial charge in [-0.25, -0.2) is 8.42 Å². The summed E-state index contributed by atoms with van der Waals surface area (Å²) in [5.74, 6) is -0.120. The summed E-state index contributed by atoms with van der Waals surface area (Å²) in [6.07, 6.45) is 4.14. The van der Waals surface area contributed by atoms with Gasteiger partial charge >= 0.3 is 0 Å². The van der Waals surface area contributed by atoms with Crippen LogP contribution in [-0.4, -0.2) is 50.9 Å². The molecule has 1 saturated carbocycles. The second-order valence-electron chi connectivity index (χ2n) is 12.7. The molecule has 5 rings (SSSR count).